The average molecular weight is 279 g/mol. The Kier molecular flexibility index (Phi) is 5.70. The van der Waals surface area contributed by atoms with Crippen molar-refractivity contribution < 1.29 is 9.90 Å². The molecule has 0 fully saturated rings. The van der Waals surface area contributed by atoms with Crippen molar-refractivity contribution in [3.05, 3.63) is 59.1 Å². The molecule has 0 unspecified atom stereocenters. The third-order valence-electron chi connectivity index (χ3n) is 2.18. The van der Waals surface area contributed by atoms with Crippen molar-refractivity contribution in [3.63, 3.8) is 0 Å². The second kappa shape index (κ2) is 7.28. The highest BCUT2D eigenvalue weighted by molar-refractivity contribution is 6.30. The molecular weight excluding hydrogens is 264 g/mol. The normalized spacial score (nSPS) is 9.32. The van der Waals surface area contributed by atoms with Crippen LogP contribution in [0.5, 0.6) is 0 Å². The summed E-state index contributed by atoms with van der Waals surface area (Å²) in [4.78, 5) is 10.2. The molecule has 0 saturated carbocycles. The third-order valence-corrected chi connectivity index (χ3v) is 2.43. The van der Waals surface area contributed by atoms with Crippen LogP contribution in [0.3, 0.4) is 0 Å². The molecule has 100 valence electrons. The maximum Gasteiger partial charge on any atom is 0.307 e. The lowest BCUT2D eigenvalue weighted by molar-refractivity contribution is -0.136. The number of rotatable bonds is 2. The van der Waals surface area contributed by atoms with E-state index in [1.807, 2.05) is 0 Å². The second-order valence-corrected chi connectivity index (χ2v) is 4.30. The Morgan fingerprint density at radius 1 is 1.05 bits per heavy atom. The molecule has 0 radical (unpaired) electrons. The number of carbonyl (C=O) groups is 1. The Morgan fingerprint density at radius 2 is 1.68 bits per heavy atom. The summed E-state index contributed by atoms with van der Waals surface area (Å²) in [6, 6.07) is 13.9. The maximum atomic E-state index is 10.2. The number of anilines is 2. The van der Waals surface area contributed by atoms with Gasteiger partial charge in [0, 0.05) is 16.4 Å². The fourth-order valence-corrected chi connectivity index (χ4v) is 1.47. The van der Waals surface area contributed by atoms with Crippen LogP contribution in [0.1, 0.15) is 5.56 Å². The highest BCUT2D eigenvalue weighted by Gasteiger charge is 1.98. The van der Waals surface area contributed by atoms with Crippen molar-refractivity contribution >= 4 is 28.9 Å². The minimum atomic E-state index is -0.837. The predicted molar refractivity (Wildman–Crippen MR) is 78.1 cm³/mol. The van der Waals surface area contributed by atoms with E-state index in [0.717, 1.165) is 16.3 Å². The number of halogens is 1. The van der Waals surface area contributed by atoms with Crippen molar-refractivity contribution in [1.29, 1.82) is 0 Å². The van der Waals surface area contributed by atoms with Gasteiger partial charge in [-0.3, -0.25) is 4.79 Å². The smallest absolute Gasteiger partial charge is 0.307 e. The Bertz CT molecular complexity index is 520. The van der Waals surface area contributed by atoms with E-state index in [2.05, 4.69) is 0 Å². The molecule has 0 aliphatic rings. The van der Waals surface area contributed by atoms with Gasteiger partial charge in [0.05, 0.1) is 6.42 Å². The van der Waals surface area contributed by atoms with Gasteiger partial charge >= 0.3 is 5.97 Å². The molecule has 0 aromatic heterocycles. The van der Waals surface area contributed by atoms with Crippen LogP contribution in [0.4, 0.5) is 11.4 Å². The van der Waals surface area contributed by atoms with E-state index in [1.165, 1.54) is 0 Å². The molecule has 0 atom stereocenters. The third kappa shape index (κ3) is 6.33. The lowest BCUT2D eigenvalue weighted by Gasteiger charge is -1.96. The molecule has 0 saturated heterocycles. The molecular formula is C14H15ClN2O2. The molecule has 0 heterocycles. The van der Waals surface area contributed by atoms with Crippen LogP contribution in [0.15, 0.2) is 48.5 Å². The van der Waals surface area contributed by atoms with Crippen molar-refractivity contribution in [2.45, 2.75) is 6.42 Å². The standard InChI is InChI=1S/C8H9NO2.C6H6ClN/c9-7-3-1-2-6(4-7)5-8(10)11;7-5-1-3-6(8)4-2-5/h1-4H,5,9H2,(H,10,11);1-4H,8H2. The summed E-state index contributed by atoms with van der Waals surface area (Å²) in [6.45, 7) is 0. The number of benzene rings is 2. The molecule has 2 rings (SSSR count). The Balaban J connectivity index is 0.000000200. The van der Waals surface area contributed by atoms with Gasteiger partial charge in [0.15, 0.2) is 0 Å². The zero-order valence-electron chi connectivity index (χ0n) is 10.2. The number of nitrogens with two attached hydrogens (primary N) is 2. The number of carboxylic acids is 1. The molecule has 0 spiro atoms. The van der Waals surface area contributed by atoms with Crippen LogP contribution in [0.2, 0.25) is 5.02 Å². The second-order valence-electron chi connectivity index (χ2n) is 3.87. The molecule has 5 N–H and O–H groups in total. The predicted octanol–water partition coefficient (Wildman–Crippen LogP) is 2.82. The van der Waals surface area contributed by atoms with Crippen LogP contribution in [0.25, 0.3) is 0 Å². The Morgan fingerprint density at radius 3 is 2.16 bits per heavy atom. The molecule has 2 aromatic carbocycles. The number of aliphatic carboxylic acids is 1. The summed E-state index contributed by atoms with van der Waals surface area (Å²) in [5.41, 5.74) is 12.9. The van der Waals surface area contributed by atoms with E-state index in [0.29, 0.717) is 5.69 Å². The molecule has 19 heavy (non-hydrogen) atoms. The fourth-order valence-electron chi connectivity index (χ4n) is 1.34. The van der Waals surface area contributed by atoms with E-state index >= 15 is 0 Å². The van der Waals surface area contributed by atoms with Crippen molar-refractivity contribution in [2.75, 3.05) is 11.5 Å². The molecule has 0 amide bonds. The minimum absolute atomic E-state index is 0.0328. The number of nitrogen functional groups attached to an aromatic ring is 2. The van der Waals surface area contributed by atoms with E-state index in [-0.39, 0.29) is 6.42 Å². The quantitative estimate of drug-likeness (QED) is 0.737. The Labute approximate surface area is 116 Å². The first-order valence-electron chi connectivity index (χ1n) is 5.54. The molecule has 4 nitrogen and oxygen atoms in total. The summed E-state index contributed by atoms with van der Waals surface area (Å²) >= 11 is 5.56. The molecule has 2 aromatic rings. The molecule has 5 heteroatoms. The van der Waals surface area contributed by atoms with Gasteiger partial charge in [-0.15, -0.1) is 0 Å². The average Bonchev–Trinajstić information content (AvgIpc) is 2.33. The minimum Gasteiger partial charge on any atom is -0.481 e. The first-order valence-corrected chi connectivity index (χ1v) is 5.92. The zero-order chi connectivity index (χ0) is 14.3. The molecule has 0 aliphatic heterocycles. The van der Waals surface area contributed by atoms with Crippen LogP contribution >= 0.6 is 11.6 Å². The zero-order valence-corrected chi connectivity index (χ0v) is 11.0. The molecule has 0 bridgehead atoms. The van der Waals surface area contributed by atoms with Gasteiger partial charge in [0.1, 0.15) is 0 Å². The lowest BCUT2D eigenvalue weighted by Crippen LogP contribution is -2.00. The summed E-state index contributed by atoms with van der Waals surface area (Å²) in [5.74, 6) is -0.837. The van der Waals surface area contributed by atoms with Crippen LogP contribution in [0, 0.1) is 0 Å². The maximum absolute atomic E-state index is 10.2. The van der Waals surface area contributed by atoms with Gasteiger partial charge in [-0.25, -0.2) is 0 Å². The highest BCUT2D eigenvalue weighted by Crippen LogP contribution is 2.09. The SMILES string of the molecule is Nc1ccc(Cl)cc1.Nc1cccc(CC(=O)O)c1. The van der Waals surface area contributed by atoms with Crippen LogP contribution in [-0.2, 0) is 11.2 Å². The first kappa shape index (κ1) is 14.9. The van der Waals surface area contributed by atoms with Crippen LogP contribution in [-0.4, -0.2) is 11.1 Å². The van der Waals surface area contributed by atoms with Gasteiger partial charge in [-0.1, -0.05) is 23.7 Å². The molecule has 0 aliphatic carbocycles. The first-order chi connectivity index (χ1) is 8.97. The van der Waals surface area contributed by atoms with Gasteiger partial charge in [-0.2, -0.15) is 0 Å². The number of hydrogen-bond donors (Lipinski definition) is 3. The van der Waals surface area contributed by atoms with Crippen molar-refractivity contribution in [1.82, 2.24) is 0 Å². The lowest BCUT2D eigenvalue weighted by atomic mass is 10.1. The van der Waals surface area contributed by atoms with Crippen LogP contribution < -0.4 is 11.5 Å². The van der Waals surface area contributed by atoms with Gasteiger partial charge in [0.25, 0.3) is 0 Å². The van der Waals surface area contributed by atoms with E-state index < -0.39 is 5.97 Å². The Hall–Kier alpha value is -2.20. The number of carboxylic acid groups (broad SMARTS) is 1. The summed E-state index contributed by atoms with van der Waals surface area (Å²) < 4.78 is 0. The van der Waals surface area contributed by atoms with Gasteiger partial charge in [-0.05, 0) is 42.0 Å². The number of hydrogen-bond acceptors (Lipinski definition) is 3. The highest BCUT2D eigenvalue weighted by atomic mass is 35.5. The fraction of sp³-hybridized carbons (Fsp3) is 0.0714. The van der Waals surface area contributed by atoms with Crippen molar-refractivity contribution in [2.24, 2.45) is 0 Å². The summed E-state index contributed by atoms with van der Waals surface area (Å²) in [5, 5.41) is 9.14. The monoisotopic (exact) mass is 278 g/mol. The van der Waals surface area contributed by atoms with Gasteiger partial charge in [0.2, 0.25) is 0 Å². The summed E-state index contributed by atoms with van der Waals surface area (Å²) in [7, 11) is 0. The van der Waals surface area contributed by atoms with Gasteiger partial charge < -0.3 is 16.6 Å². The largest absolute Gasteiger partial charge is 0.481 e. The van der Waals surface area contributed by atoms with Crippen molar-refractivity contribution in [3.8, 4) is 0 Å². The van der Waals surface area contributed by atoms with E-state index in [1.54, 1.807) is 48.5 Å². The topological polar surface area (TPSA) is 89.3 Å². The van der Waals surface area contributed by atoms with E-state index in [4.69, 9.17) is 28.2 Å². The summed E-state index contributed by atoms with van der Waals surface area (Å²) in [6.07, 6.45) is 0.0328. The van der Waals surface area contributed by atoms with E-state index in [9.17, 15) is 4.79 Å².